The highest BCUT2D eigenvalue weighted by atomic mass is 32.2. The summed E-state index contributed by atoms with van der Waals surface area (Å²) in [4.78, 5) is 0.407. The largest absolute Gasteiger partial charge is 0.240 e. The van der Waals surface area contributed by atoms with Crippen LogP contribution in [0.25, 0.3) is 0 Å². The molecule has 0 spiro atoms. The van der Waals surface area contributed by atoms with Crippen molar-refractivity contribution in [2.24, 2.45) is 17.8 Å². The van der Waals surface area contributed by atoms with E-state index in [0.29, 0.717) is 16.7 Å². The Balaban J connectivity index is 1.74. The molecular formula is C21H33NO2S. The van der Waals surface area contributed by atoms with Crippen molar-refractivity contribution in [2.45, 2.75) is 82.6 Å². The Hall–Kier alpha value is -0.870. The van der Waals surface area contributed by atoms with Gasteiger partial charge in [0.25, 0.3) is 0 Å². The monoisotopic (exact) mass is 363 g/mol. The van der Waals surface area contributed by atoms with Gasteiger partial charge in [0.15, 0.2) is 0 Å². The van der Waals surface area contributed by atoms with Crippen LogP contribution in [0.2, 0.25) is 0 Å². The Morgan fingerprint density at radius 1 is 1.12 bits per heavy atom. The number of unbranched alkanes of at least 4 members (excludes halogenated alkanes) is 1. The predicted molar refractivity (Wildman–Crippen MR) is 103 cm³/mol. The predicted octanol–water partition coefficient (Wildman–Crippen LogP) is 5.05. The van der Waals surface area contributed by atoms with Crippen LogP contribution in [0.3, 0.4) is 0 Å². The molecule has 1 aromatic carbocycles. The van der Waals surface area contributed by atoms with Crippen LogP contribution < -0.4 is 4.72 Å². The second kappa shape index (κ2) is 8.22. The zero-order valence-corrected chi connectivity index (χ0v) is 16.5. The lowest BCUT2D eigenvalue weighted by atomic mass is 9.82. The summed E-state index contributed by atoms with van der Waals surface area (Å²) in [7, 11) is -3.42. The van der Waals surface area contributed by atoms with Crippen LogP contribution in [0.5, 0.6) is 0 Å². The zero-order chi connectivity index (χ0) is 17.9. The van der Waals surface area contributed by atoms with E-state index in [9.17, 15) is 8.42 Å². The highest BCUT2D eigenvalue weighted by molar-refractivity contribution is 7.89. The molecular weight excluding hydrogens is 330 g/mol. The first-order valence-corrected chi connectivity index (χ1v) is 11.6. The molecule has 0 unspecified atom stereocenters. The van der Waals surface area contributed by atoms with E-state index in [2.05, 4.69) is 11.6 Å². The molecule has 4 heteroatoms. The first-order chi connectivity index (χ1) is 12.0. The second-order valence-electron chi connectivity index (χ2n) is 8.16. The third-order valence-corrected chi connectivity index (χ3v) is 7.62. The summed E-state index contributed by atoms with van der Waals surface area (Å²) in [6.07, 6.45) is 11.1. The van der Waals surface area contributed by atoms with E-state index in [1.54, 1.807) is 12.1 Å². The molecule has 2 aliphatic carbocycles. The third kappa shape index (κ3) is 4.85. The van der Waals surface area contributed by atoms with Gasteiger partial charge in [-0.2, -0.15) is 0 Å². The summed E-state index contributed by atoms with van der Waals surface area (Å²) >= 11 is 0. The number of rotatable bonds is 8. The molecule has 1 N–H and O–H groups in total. The topological polar surface area (TPSA) is 46.2 Å². The molecule has 3 atom stereocenters. The minimum absolute atomic E-state index is 0.133. The minimum Gasteiger partial charge on any atom is -0.208 e. The van der Waals surface area contributed by atoms with Crippen LogP contribution in [0, 0.1) is 24.7 Å². The number of aryl methyl sites for hydroxylation is 1. The Kier molecular flexibility index (Phi) is 6.21. The standard InChI is InChI=1S/C21H33NO2S/c1-3-4-8-18-15-20(18)21(17-9-6-5-7-10-17)22-25(23,24)19-13-11-16(2)12-14-19/h11-14,17-18,20-22H,3-10,15H2,1-2H3/t18-,20-,21-/m1/s1. The van der Waals surface area contributed by atoms with Crippen molar-refractivity contribution in [3.05, 3.63) is 29.8 Å². The van der Waals surface area contributed by atoms with Crippen molar-refractivity contribution in [3.63, 3.8) is 0 Å². The van der Waals surface area contributed by atoms with Crippen LogP contribution in [-0.2, 0) is 10.0 Å². The van der Waals surface area contributed by atoms with Crippen molar-refractivity contribution >= 4 is 10.0 Å². The molecule has 25 heavy (non-hydrogen) atoms. The van der Waals surface area contributed by atoms with Crippen molar-refractivity contribution in [2.75, 3.05) is 0 Å². The van der Waals surface area contributed by atoms with Crippen LogP contribution in [0.1, 0.15) is 70.3 Å². The zero-order valence-electron chi connectivity index (χ0n) is 15.7. The molecule has 2 aliphatic rings. The van der Waals surface area contributed by atoms with Gasteiger partial charge in [-0.25, -0.2) is 13.1 Å². The summed E-state index contributed by atoms with van der Waals surface area (Å²) in [6, 6.07) is 7.36. The van der Waals surface area contributed by atoms with Gasteiger partial charge in [0.2, 0.25) is 10.0 Å². The smallest absolute Gasteiger partial charge is 0.208 e. The van der Waals surface area contributed by atoms with Gasteiger partial charge in [-0.05, 0) is 56.1 Å². The molecule has 3 rings (SSSR count). The Bertz CT molecular complexity index is 647. The first-order valence-electron chi connectivity index (χ1n) is 10.1. The van der Waals surface area contributed by atoms with Crippen molar-refractivity contribution < 1.29 is 8.42 Å². The summed E-state index contributed by atoms with van der Waals surface area (Å²) in [5.74, 6) is 1.80. The molecule has 0 aliphatic heterocycles. The Morgan fingerprint density at radius 2 is 1.80 bits per heavy atom. The summed E-state index contributed by atoms with van der Waals surface area (Å²) in [6.45, 7) is 4.22. The maximum absolute atomic E-state index is 12.9. The lowest BCUT2D eigenvalue weighted by molar-refractivity contribution is 0.262. The molecule has 0 bridgehead atoms. The fraction of sp³-hybridized carbons (Fsp3) is 0.714. The normalized spacial score (nSPS) is 25.7. The van der Waals surface area contributed by atoms with Crippen LogP contribution in [0.4, 0.5) is 0 Å². The molecule has 2 fully saturated rings. The van der Waals surface area contributed by atoms with E-state index in [0.717, 1.165) is 11.5 Å². The Morgan fingerprint density at radius 3 is 2.44 bits per heavy atom. The summed E-state index contributed by atoms with van der Waals surface area (Å²) in [5.41, 5.74) is 1.09. The highest BCUT2D eigenvalue weighted by Gasteiger charge is 2.46. The molecule has 0 radical (unpaired) electrons. The Labute approximate surface area is 153 Å². The molecule has 140 valence electrons. The number of nitrogens with one attached hydrogen (secondary N) is 1. The van der Waals surface area contributed by atoms with Gasteiger partial charge >= 0.3 is 0 Å². The lowest BCUT2D eigenvalue weighted by Gasteiger charge is -2.31. The van der Waals surface area contributed by atoms with Gasteiger partial charge in [-0.1, -0.05) is 63.1 Å². The summed E-state index contributed by atoms with van der Waals surface area (Å²) in [5, 5.41) is 0. The first kappa shape index (κ1) is 18.9. The number of benzene rings is 1. The average molecular weight is 364 g/mol. The van der Waals surface area contributed by atoms with E-state index in [1.165, 1.54) is 57.8 Å². The number of hydrogen-bond acceptors (Lipinski definition) is 2. The van der Waals surface area contributed by atoms with E-state index in [-0.39, 0.29) is 6.04 Å². The van der Waals surface area contributed by atoms with Crippen molar-refractivity contribution in [3.8, 4) is 0 Å². The van der Waals surface area contributed by atoms with Gasteiger partial charge < -0.3 is 0 Å². The van der Waals surface area contributed by atoms with Crippen molar-refractivity contribution in [1.29, 1.82) is 0 Å². The molecule has 0 saturated heterocycles. The molecule has 3 nitrogen and oxygen atoms in total. The molecule has 0 amide bonds. The summed E-state index contributed by atoms with van der Waals surface area (Å²) < 4.78 is 29.0. The van der Waals surface area contributed by atoms with E-state index < -0.39 is 10.0 Å². The van der Waals surface area contributed by atoms with Crippen LogP contribution in [0.15, 0.2) is 29.2 Å². The van der Waals surface area contributed by atoms with Crippen molar-refractivity contribution in [1.82, 2.24) is 4.72 Å². The maximum Gasteiger partial charge on any atom is 0.240 e. The highest BCUT2D eigenvalue weighted by Crippen LogP contribution is 2.48. The third-order valence-electron chi connectivity index (χ3n) is 6.15. The molecule has 0 aromatic heterocycles. The van der Waals surface area contributed by atoms with Crippen LogP contribution >= 0.6 is 0 Å². The van der Waals surface area contributed by atoms with E-state index in [4.69, 9.17) is 0 Å². The van der Waals surface area contributed by atoms with Gasteiger partial charge in [0.1, 0.15) is 0 Å². The van der Waals surface area contributed by atoms with Gasteiger partial charge in [-0.3, -0.25) is 0 Å². The number of hydrogen-bond donors (Lipinski definition) is 1. The van der Waals surface area contributed by atoms with E-state index in [1.807, 2.05) is 19.1 Å². The average Bonchev–Trinajstić information content (AvgIpc) is 3.38. The van der Waals surface area contributed by atoms with Gasteiger partial charge in [-0.15, -0.1) is 0 Å². The van der Waals surface area contributed by atoms with E-state index >= 15 is 0 Å². The van der Waals surface area contributed by atoms with Gasteiger partial charge in [0, 0.05) is 6.04 Å². The lowest BCUT2D eigenvalue weighted by Crippen LogP contribution is -2.43. The minimum atomic E-state index is -3.42. The number of sulfonamides is 1. The fourth-order valence-electron chi connectivity index (χ4n) is 4.50. The van der Waals surface area contributed by atoms with Crippen LogP contribution in [-0.4, -0.2) is 14.5 Å². The maximum atomic E-state index is 12.9. The molecule has 2 saturated carbocycles. The SMILES string of the molecule is CCCC[C@@H]1C[C@H]1[C@H](NS(=O)(=O)c1ccc(C)cc1)C1CCCCC1. The van der Waals surface area contributed by atoms with Gasteiger partial charge in [0.05, 0.1) is 4.90 Å². The second-order valence-corrected chi connectivity index (χ2v) is 9.87. The molecule has 0 heterocycles. The fourth-order valence-corrected chi connectivity index (χ4v) is 5.86. The quantitative estimate of drug-likeness (QED) is 0.702. The molecule has 1 aromatic rings.